The van der Waals surface area contributed by atoms with E-state index in [1.54, 1.807) is 11.3 Å². The second kappa shape index (κ2) is 4.99. The highest BCUT2D eigenvalue weighted by molar-refractivity contribution is 7.17. The maximum absolute atomic E-state index is 9.10. The van der Waals surface area contributed by atoms with E-state index in [4.69, 9.17) is 5.26 Å². The fraction of sp³-hybridized carbons (Fsp3) is 0.200. The molecule has 0 atom stereocenters. The van der Waals surface area contributed by atoms with Gasteiger partial charge in [-0.3, -0.25) is 4.40 Å². The first-order valence-electron chi connectivity index (χ1n) is 6.36. The van der Waals surface area contributed by atoms with Gasteiger partial charge in [0.25, 0.3) is 0 Å². The Labute approximate surface area is 121 Å². The topological polar surface area (TPSA) is 53.1 Å². The third-order valence-electron chi connectivity index (χ3n) is 3.23. The lowest BCUT2D eigenvalue weighted by Gasteiger charge is -2.08. The molecule has 0 amide bonds. The van der Waals surface area contributed by atoms with Crippen molar-refractivity contribution in [3.8, 4) is 6.07 Å². The fourth-order valence-electron chi connectivity index (χ4n) is 2.24. The third-order valence-corrected chi connectivity index (χ3v) is 4.13. The molecule has 0 unspecified atom stereocenters. The number of benzene rings is 1. The number of rotatable bonds is 3. The SMILES string of the molecule is Cc1cn2c(CNc3ccccc3C#N)c(C)nc2s1. The molecule has 0 saturated heterocycles. The molecule has 0 fully saturated rings. The molecule has 3 aromatic rings. The number of thiazole rings is 1. The van der Waals surface area contributed by atoms with Gasteiger partial charge in [0.05, 0.1) is 29.2 Å². The Balaban J connectivity index is 1.90. The van der Waals surface area contributed by atoms with Crippen LogP contribution in [0, 0.1) is 25.2 Å². The van der Waals surface area contributed by atoms with E-state index in [0.717, 1.165) is 22.0 Å². The van der Waals surface area contributed by atoms with Crippen molar-refractivity contribution in [1.29, 1.82) is 5.26 Å². The van der Waals surface area contributed by atoms with E-state index in [-0.39, 0.29) is 0 Å². The van der Waals surface area contributed by atoms with E-state index in [1.807, 2.05) is 31.2 Å². The summed E-state index contributed by atoms with van der Waals surface area (Å²) in [6.07, 6.45) is 2.10. The quantitative estimate of drug-likeness (QED) is 0.800. The van der Waals surface area contributed by atoms with Crippen molar-refractivity contribution < 1.29 is 0 Å². The summed E-state index contributed by atoms with van der Waals surface area (Å²) >= 11 is 1.69. The summed E-state index contributed by atoms with van der Waals surface area (Å²) < 4.78 is 2.12. The molecule has 1 N–H and O–H groups in total. The van der Waals surface area contributed by atoms with Crippen molar-refractivity contribution in [2.45, 2.75) is 20.4 Å². The van der Waals surface area contributed by atoms with Crippen LogP contribution in [0.25, 0.3) is 4.96 Å². The number of nitriles is 1. The lowest BCUT2D eigenvalue weighted by Crippen LogP contribution is -2.04. The Bertz CT molecular complexity index is 807. The average Bonchev–Trinajstić information content (AvgIpc) is 2.92. The first kappa shape index (κ1) is 12.7. The number of nitrogens with zero attached hydrogens (tertiary/aromatic N) is 3. The Morgan fingerprint density at radius 2 is 2.15 bits per heavy atom. The molecule has 0 aliphatic rings. The predicted molar refractivity (Wildman–Crippen MR) is 81.0 cm³/mol. The molecule has 1 aromatic carbocycles. The van der Waals surface area contributed by atoms with E-state index in [1.165, 1.54) is 4.88 Å². The normalized spacial score (nSPS) is 10.7. The maximum atomic E-state index is 9.10. The van der Waals surface area contributed by atoms with Gasteiger partial charge in [-0.1, -0.05) is 12.1 Å². The van der Waals surface area contributed by atoms with Crippen molar-refractivity contribution in [3.05, 3.63) is 52.3 Å². The van der Waals surface area contributed by atoms with Gasteiger partial charge in [-0.05, 0) is 26.0 Å². The van der Waals surface area contributed by atoms with Crippen LogP contribution in [-0.4, -0.2) is 9.38 Å². The molecule has 0 aliphatic heterocycles. The van der Waals surface area contributed by atoms with Gasteiger partial charge < -0.3 is 5.32 Å². The van der Waals surface area contributed by atoms with Crippen LogP contribution in [0.2, 0.25) is 0 Å². The molecule has 2 heterocycles. The van der Waals surface area contributed by atoms with Crippen molar-refractivity contribution in [1.82, 2.24) is 9.38 Å². The smallest absolute Gasteiger partial charge is 0.194 e. The molecule has 0 radical (unpaired) electrons. The molecule has 3 rings (SSSR count). The standard InChI is InChI=1S/C15H14N4S/c1-10-9-19-14(11(2)18-15(19)20-10)8-17-13-6-4-3-5-12(13)7-16/h3-6,9,17H,8H2,1-2H3. The summed E-state index contributed by atoms with van der Waals surface area (Å²) in [6.45, 7) is 4.75. The molecular weight excluding hydrogens is 268 g/mol. The van der Waals surface area contributed by atoms with Crippen LogP contribution in [0.1, 0.15) is 21.8 Å². The van der Waals surface area contributed by atoms with Gasteiger partial charge in [-0.15, -0.1) is 11.3 Å². The number of para-hydroxylation sites is 1. The molecule has 0 saturated carbocycles. The van der Waals surface area contributed by atoms with Crippen molar-refractivity contribution in [2.24, 2.45) is 0 Å². The van der Waals surface area contributed by atoms with E-state index < -0.39 is 0 Å². The van der Waals surface area contributed by atoms with Gasteiger partial charge in [0, 0.05) is 11.1 Å². The molecule has 2 aromatic heterocycles. The Kier molecular flexibility index (Phi) is 3.17. The summed E-state index contributed by atoms with van der Waals surface area (Å²) in [7, 11) is 0. The van der Waals surface area contributed by atoms with Crippen LogP contribution >= 0.6 is 11.3 Å². The Hall–Kier alpha value is -2.32. The van der Waals surface area contributed by atoms with Crippen LogP contribution in [0.4, 0.5) is 5.69 Å². The minimum absolute atomic E-state index is 0.655. The van der Waals surface area contributed by atoms with Gasteiger partial charge in [0.1, 0.15) is 6.07 Å². The van der Waals surface area contributed by atoms with Crippen LogP contribution in [0.5, 0.6) is 0 Å². The van der Waals surface area contributed by atoms with Gasteiger partial charge in [-0.2, -0.15) is 5.26 Å². The molecule has 0 aliphatic carbocycles. The van der Waals surface area contributed by atoms with E-state index >= 15 is 0 Å². The minimum Gasteiger partial charge on any atom is -0.378 e. The lowest BCUT2D eigenvalue weighted by molar-refractivity contribution is 0.991. The van der Waals surface area contributed by atoms with Crippen molar-refractivity contribution in [3.63, 3.8) is 0 Å². The molecule has 5 heteroatoms. The summed E-state index contributed by atoms with van der Waals surface area (Å²) in [5.74, 6) is 0. The number of hydrogen-bond donors (Lipinski definition) is 1. The fourth-order valence-corrected chi connectivity index (χ4v) is 3.13. The Morgan fingerprint density at radius 3 is 2.95 bits per heavy atom. The number of imidazole rings is 1. The first-order valence-corrected chi connectivity index (χ1v) is 7.17. The van der Waals surface area contributed by atoms with Gasteiger partial charge in [-0.25, -0.2) is 4.98 Å². The number of anilines is 1. The second-order valence-electron chi connectivity index (χ2n) is 4.65. The van der Waals surface area contributed by atoms with Crippen LogP contribution in [0.15, 0.2) is 30.5 Å². The third kappa shape index (κ3) is 2.15. The number of hydrogen-bond acceptors (Lipinski definition) is 4. The molecule has 0 spiro atoms. The largest absolute Gasteiger partial charge is 0.378 e. The Morgan fingerprint density at radius 1 is 1.35 bits per heavy atom. The van der Waals surface area contributed by atoms with Gasteiger partial charge in [0.2, 0.25) is 0 Å². The van der Waals surface area contributed by atoms with E-state index in [2.05, 4.69) is 33.9 Å². The van der Waals surface area contributed by atoms with Crippen LogP contribution in [-0.2, 0) is 6.54 Å². The molecular formula is C15H14N4S. The zero-order valence-corrected chi connectivity index (χ0v) is 12.2. The summed E-state index contributed by atoms with van der Waals surface area (Å²) in [4.78, 5) is 6.83. The van der Waals surface area contributed by atoms with Gasteiger partial charge in [0.15, 0.2) is 4.96 Å². The minimum atomic E-state index is 0.655. The molecule has 0 bridgehead atoms. The average molecular weight is 282 g/mol. The first-order chi connectivity index (χ1) is 9.69. The number of fused-ring (bicyclic) bond motifs is 1. The summed E-state index contributed by atoms with van der Waals surface area (Å²) in [5, 5.41) is 12.4. The molecule has 20 heavy (non-hydrogen) atoms. The van der Waals surface area contributed by atoms with Gasteiger partial charge >= 0.3 is 0 Å². The number of aromatic nitrogens is 2. The summed E-state index contributed by atoms with van der Waals surface area (Å²) in [5.41, 5.74) is 3.68. The summed E-state index contributed by atoms with van der Waals surface area (Å²) in [6, 6.07) is 9.73. The zero-order chi connectivity index (χ0) is 14.1. The highest BCUT2D eigenvalue weighted by Crippen LogP contribution is 2.22. The zero-order valence-electron chi connectivity index (χ0n) is 11.3. The van der Waals surface area contributed by atoms with Crippen LogP contribution in [0.3, 0.4) is 0 Å². The lowest BCUT2D eigenvalue weighted by atomic mass is 10.2. The van der Waals surface area contributed by atoms with E-state index in [9.17, 15) is 0 Å². The van der Waals surface area contributed by atoms with E-state index in [0.29, 0.717) is 12.1 Å². The number of nitrogens with one attached hydrogen (secondary N) is 1. The molecule has 4 nitrogen and oxygen atoms in total. The number of aryl methyl sites for hydroxylation is 2. The van der Waals surface area contributed by atoms with Crippen molar-refractivity contribution >= 4 is 22.0 Å². The molecule has 100 valence electrons. The maximum Gasteiger partial charge on any atom is 0.194 e. The predicted octanol–water partition coefficient (Wildman–Crippen LogP) is 3.50. The highest BCUT2D eigenvalue weighted by atomic mass is 32.1. The van der Waals surface area contributed by atoms with Crippen LogP contribution < -0.4 is 5.32 Å². The van der Waals surface area contributed by atoms with Crippen molar-refractivity contribution in [2.75, 3.05) is 5.32 Å². The highest BCUT2D eigenvalue weighted by Gasteiger charge is 2.11. The monoisotopic (exact) mass is 282 g/mol. The second-order valence-corrected chi connectivity index (χ2v) is 5.86.